The molecule has 1 amide bonds. The number of carbonyl (C=O) groups is 1. The summed E-state index contributed by atoms with van der Waals surface area (Å²) >= 11 is 5.91. The van der Waals surface area contributed by atoms with E-state index in [2.05, 4.69) is 20.5 Å². The van der Waals surface area contributed by atoms with Crippen LogP contribution in [-0.4, -0.2) is 42.5 Å². The van der Waals surface area contributed by atoms with Crippen LogP contribution in [0.2, 0.25) is 5.02 Å². The highest BCUT2D eigenvalue weighted by atomic mass is 35.5. The number of aromatic nitrogens is 1. The van der Waals surface area contributed by atoms with Crippen molar-refractivity contribution in [1.82, 2.24) is 9.88 Å². The highest BCUT2D eigenvalue weighted by Gasteiger charge is 2.14. The van der Waals surface area contributed by atoms with Gasteiger partial charge in [-0.3, -0.25) is 4.79 Å². The average molecular weight is 485 g/mol. The summed E-state index contributed by atoms with van der Waals surface area (Å²) < 4.78 is 19.0. The number of pyridine rings is 1. The van der Waals surface area contributed by atoms with Gasteiger partial charge in [-0.2, -0.15) is 0 Å². The van der Waals surface area contributed by atoms with Gasteiger partial charge in [0.15, 0.2) is 0 Å². The number of nitrogens with zero attached hydrogens (tertiary/aromatic N) is 2. The molecule has 0 spiro atoms. The molecule has 2 heterocycles. The van der Waals surface area contributed by atoms with E-state index in [-0.39, 0.29) is 10.9 Å². The van der Waals surface area contributed by atoms with E-state index in [1.54, 1.807) is 19.4 Å². The molecule has 0 bridgehead atoms. The fraction of sp³-hybridized carbons (Fsp3) is 0.385. The van der Waals surface area contributed by atoms with Crippen molar-refractivity contribution >= 4 is 45.5 Å². The highest BCUT2D eigenvalue weighted by molar-refractivity contribution is 6.31. The number of rotatable bonds is 9. The van der Waals surface area contributed by atoms with E-state index in [4.69, 9.17) is 16.3 Å². The van der Waals surface area contributed by atoms with Crippen molar-refractivity contribution in [2.24, 2.45) is 0 Å². The molecule has 0 radical (unpaired) electrons. The molecular weight excluding hydrogens is 455 g/mol. The van der Waals surface area contributed by atoms with Gasteiger partial charge in [-0.05, 0) is 87.1 Å². The van der Waals surface area contributed by atoms with Gasteiger partial charge in [-0.1, -0.05) is 18.0 Å². The molecule has 34 heavy (non-hydrogen) atoms. The summed E-state index contributed by atoms with van der Waals surface area (Å²) in [5.41, 5.74) is 1.20. The van der Waals surface area contributed by atoms with Crippen LogP contribution in [0.3, 0.4) is 0 Å². The molecule has 1 aromatic heterocycles. The predicted molar refractivity (Wildman–Crippen MR) is 136 cm³/mol. The zero-order valence-corrected chi connectivity index (χ0v) is 20.1. The Kier molecular flexibility index (Phi) is 8.19. The van der Waals surface area contributed by atoms with Crippen LogP contribution in [-0.2, 0) is 4.79 Å². The third-order valence-corrected chi connectivity index (χ3v) is 6.41. The topological polar surface area (TPSA) is 66.5 Å². The van der Waals surface area contributed by atoms with Crippen LogP contribution in [0, 0.1) is 5.82 Å². The van der Waals surface area contributed by atoms with E-state index in [9.17, 15) is 9.18 Å². The Hall–Kier alpha value is -2.90. The SMILES string of the molecule is COc1cc2ccnc(Nc3ccc(F)c(Cl)c3)c2cc1NC(=O)CCCCN1CCCCC1. The van der Waals surface area contributed by atoms with E-state index >= 15 is 0 Å². The summed E-state index contributed by atoms with van der Waals surface area (Å²) in [5, 5.41) is 7.90. The number of fused-ring (bicyclic) bond motifs is 1. The standard InChI is InChI=1S/C26H30ClFN4O2/c1-34-24-15-18-10-11-29-26(30-19-8-9-22(28)21(27)16-19)20(18)17-23(24)31-25(33)7-3-6-14-32-12-4-2-5-13-32/h8-11,15-17H,2-7,12-14H2,1H3,(H,29,30)(H,31,33). The Morgan fingerprint density at radius 1 is 1.15 bits per heavy atom. The van der Waals surface area contributed by atoms with Crippen LogP contribution in [0.1, 0.15) is 38.5 Å². The van der Waals surface area contributed by atoms with Gasteiger partial charge in [0.05, 0.1) is 17.8 Å². The summed E-state index contributed by atoms with van der Waals surface area (Å²) in [7, 11) is 1.58. The van der Waals surface area contributed by atoms with Gasteiger partial charge in [-0.25, -0.2) is 9.37 Å². The average Bonchev–Trinajstić information content (AvgIpc) is 2.85. The second kappa shape index (κ2) is 11.5. The lowest BCUT2D eigenvalue weighted by Gasteiger charge is -2.26. The van der Waals surface area contributed by atoms with Gasteiger partial charge in [0, 0.05) is 23.7 Å². The molecule has 2 N–H and O–H groups in total. The second-order valence-corrected chi connectivity index (χ2v) is 9.00. The van der Waals surface area contributed by atoms with Gasteiger partial charge < -0.3 is 20.3 Å². The Balaban J connectivity index is 1.45. The number of ether oxygens (including phenoxy) is 1. The minimum absolute atomic E-state index is 0.0279. The second-order valence-electron chi connectivity index (χ2n) is 8.59. The van der Waals surface area contributed by atoms with Crippen molar-refractivity contribution in [2.75, 3.05) is 37.4 Å². The molecule has 1 aliphatic heterocycles. The van der Waals surface area contributed by atoms with Gasteiger partial charge >= 0.3 is 0 Å². The minimum atomic E-state index is -0.483. The number of benzene rings is 2. The van der Waals surface area contributed by atoms with E-state index in [0.717, 1.165) is 30.2 Å². The molecular formula is C26H30ClFN4O2. The number of carbonyl (C=O) groups excluding carboxylic acids is 1. The number of hydrogen-bond acceptors (Lipinski definition) is 5. The Bertz CT molecular complexity index is 1150. The molecule has 0 aliphatic carbocycles. The maximum absolute atomic E-state index is 13.5. The number of halogens is 2. The van der Waals surface area contributed by atoms with E-state index in [1.807, 2.05) is 18.2 Å². The zero-order valence-electron chi connectivity index (χ0n) is 19.4. The Morgan fingerprint density at radius 3 is 2.74 bits per heavy atom. The molecule has 4 rings (SSSR count). The smallest absolute Gasteiger partial charge is 0.224 e. The van der Waals surface area contributed by atoms with Crippen molar-refractivity contribution in [3.63, 3.8) is 0 Å². The molecule has 2 aromatic carbocycles. The van der Waals surface area contributed by atoms with Crippen molar-refractivity contribution in [3.05, 3.63) is 53.4 Å². The fourth-order valence-corrected chi connectivity index (χ4v) is 4.47. The van der Waals surface area contributed by atoms with E-state index < -0.39 is 5.82 Å². The highest BCUT2D eigenvalue weighted by Crippen LogP contribution is 2.34. The first-order valence-corrected chi connectivity index (χ1v) is 12.1. The first kappa shape index (κ1) is 24.2. The number of hydrogen-bond donors (Lipinski definition) is 2. The first-order chi connectivity index (χ1) is 16.5. The molecule has 0 unspecified atom stereocenters. The van der Waals surface area contributed by atoms with Crippen LogP contribution in [0.4, 0.5) is 21.6 Å². The van der Waals surface area contributed by atoms with Gasteiger partial charge in [0.2, 0.25) is 5.91 Å². The largest absolute Gasteiger partial charge is 0.495 e. The van der Waals surface area contributed by atoms with Crippen LogP contribution < -0.4 is 15.4 Å². The lowest BCUT2D eigenvalue weighted by Crippen LogP contribution is -2.30. The molecule has 180 valence electrons. The molecule has 0 saturated carbocycles. The Morgan fingerprint density at radius 2 is 1.97 bits per heavy atom. The lowest BCUT2D eigenvalue weighted by atomic mass is 10.1. The zero-order chi connectivity index (χ0) is 23.9. The number of likely N-dealkylation sites (tertiary alicyclic amines) is 1. The molecule has 0 atom stereocenters. The van der Waals surface area contributed by atoms with Crippen LogP contribution in [0.25, 0.3) is 10.8 Å². The number of unbranched alkanes of at least 4 members (excludes halogenated alkanes) is 1. The van der Waals surface area contributed by atoms with Crippen molar-refractivity contribution < 1.29 is 13.9 Å². The summed E-state index contributed by atoms with van der Waals surface area (Å²) in [4.78, 5) is 19.6. The van der Waals surface area contributed by atoms with Gasteiger partial charge in [-0.15, -0.1) is 0 Å². The van der Waals surface area contributed by atoms with Crippen molar-refractivity contribution in [1.29, 1.82) is 0 Å². The summed E-state index contributed by atoms with van der Waals surface area (Å²) in [6.45, 7) is 3.41. The predicted octanol–water partition coefficient (Wildman–Crippen LogP) is 6.37. The molecule has 8 heteroatoms. The van der Waals surface area contributed by atoms with E-state index in [0.29, 0.717) is 29.4 Å². The number of methoxy groups -OCH3 is 1. The number of nitrogens with one attached hydrogen (secondary N) is 2. The molecule has 1 fully saturated rings. The maximum Gasteiger partial charge on any atom is 0.224 e. The lowest BCUT2D eigenvalue weighted by molar-refractivity contribution is -0.116. The number of piperidine rings is 1. The number of anilines is 3. The summed E-state index contributed by atoms with van der Waals surface area (Å²) in [5.74, 6) is 0.625. The Labute approximate surface area is 204 Å². The van der Waals surface area contributed by atoms with E-state index in [1.165, 1.54) is 44.5 Å². The van der Waals surface area contributed by atoms with Crippen molar-refractivity contribution in [3.8, 4) is 5.75 Å². The molecule has 1 aliphatic rings. The summed E-state index contributed by atoms with van der Waals surface area (Å²) in [6.07, 6.45) is 7.89. The number of amides is 1. The maximum atomic E-state index is 13.5. The summed E-state index contributed by atoms with van der Waals surface area (Å²) in [6, 6.07) is 9.99. The van der Waals surface area contributed by atoms with Crippen LogP contribution in [0.15, 0.2) is 42.6 Å². The quantitative estimate of drug-likeness (QED) is 0.345. The third kappa shape index (κ3) is 6.15. The van der Waals surface area contributed by atoms with Crippen molar-refractivity contribution in [2.45, 2.75) is 38.5 Å². The third-order valence-electron chi connectivity index (χ3n) is 6.12. The molecule has 1 saturated heterocycles. The van der Waals surface area contributed by atoms with Crippen LogP contribution in [0.5, 0.6) is 5.75 Å². The monoisotopic (exact) mass is 484 g/mol. The molecule has 6 nitrogen and oxygen atoms in total. The molecule has 3 aromatic rings. The fourth-order valence-electron chi connectivity index (χ4n) is 4.29. The van der Waals surface area contributed by atoms with Gasteiger partial charge in [0.1, 0.15) is 17.4 Å². The minimum Gasteiger partial charge on any atom is -0.495 e. The first-order valence-electron chi connectivity index (χ1n) is 11.7. The van der Waals surface area contributed by atoms with Gasteiger partial charge in [0.25, 0.3) is 0 Å². The normalized spacial score (nSPS) is 14.2. The van der Waals surface area contributed by atoms with Crippen LogP contribution >= 0.6 is 11.6 Å².